The van der Waals surface area contributed by atoms with Gasteiger partial charge in [0.15, 0.2) is 0 Å². The first-order valence-electron chi connectivity index (χ1n) is 6.44. The van der Waals surface area contributed by atoms with Crippen molar-refractivity contribution in [3.05, 3.63) is 53.2 Å². The SMILES string of the molecule is BrCc1cc2c(NCCc3ccccc3)ncnc2s1. The van der Waals surface area contributed by atoms with Gasteiger partial charge in [-0.25, -0.2) is 9.97 Å². The van der Waals surface area contributed by atoms with Gasteiger partial charge in [0.2, 0.25) is 0 Å². The molecule has 0 aliphatic rings. The van der Waals surface area contributed by atoms with Crippen molar-refractivity contribution >= 4 is 43.3 Å². The van der Waals surface area contributed by atoms with Gasteiger partial charge in [-0.05, 0) is 18.1 Å². The Bertz CT molecular complexity index is 697. The third-order valence-electron chi connectivity index (χ3n) is 3.06. The Morgan fingerprint density at radius 3 is 2.80 bits per heavy atom. The highest BCUT2D eigenvalue weighted by Gasteiger charge is 2.07. The number of hydrogen-bond donors (Lipinski definition) is 1. The first-order valence-corrected chi connectivity index (χ1v) is 8.38. The number of nitrogens with zero attached hydrogens (tertiary/aromatic N) is 2. The van der Waals surface area contributed by atoms with E-state index in [1.165, 1.54) is 10.4 Å². The minimum Gasteiger partial charge on any atom is -0.369 e. The lowest BCUT2D eigenvalue weighted by atomic mass is 10.1. The monoisotopic (exact) mass is 347 g/mol. The minimum absolute atomic E-state index is 0.859. The second kappa shape index (κ2) is 6.33. The van der Waals surface area contributed by atoms with E-state index < -0.39 is 0 Å². The highest BCUT2D eigenvalue weighted by atomic mass is 79.9. The molecule has 0 spiro atoms. The number of benzene rings is 1. The fourth-order valence-corrected chi connectivity index (χ4v) is 3.43. The lowest BCUT2D eigenvalue weighted by Crippen LogP contribution is -2.06. The molecular weight excluding hydrogens is 334 g/mol. The molecule has 0 aliphatic heterocycles. The zero-order chi connectivity index (χ0) is 13.8. The number of alkyl halides is 1. The van der Waals surface area contributed by atoms with Crippen LogP contribution in [0.5, 0.6) is 0 Å². The second-order valence-electron chi connectivity index (χ2n) is 4.45. The van der Waals surface area contributed by atoms with Crippen LogP contribution in [0.1, 0.15) is 10.4 Å². The second-order valence-corrected chi connectivity index (χ2v) is 6.13. The van der Waals surface area contributed by atoms with Gasteiger partial charge in [0.05, 0.1) is 5.39 Å². The van der Waals surface area contributed by atoms with Gasteiger partial charge in [-0.15, -0.1) is 11.3 Å². The van der Waals surface area contributed by atoms with Crippen LogP contribution in [0.15, 0.2) is 42.7 Å². The third-order valence-corrected chi connectivity index (χ3v) is 5.08. The molecule has 5 heteroatoms. The summed E-state index contributed by atoms with van der Waals surface area (Å²) < 4.78 is 0. The number of anilines is 1. The summed E-state index contributed by atoms with van der Waals surface area (Å²) >= 11 is 5.19. The van der Waals surface area contributed by atoms with Crippen molar-refractivity contribution in [2.75, 3.05) is 11.9 Å². The molecule has 0 unspecified atom stereocenters. The van der Waals surface area contributed by atoms with Crippen LogP contribution in [0, 0.1) is 0 Å². The van der Waals surface area contributed by atoms with Crippen molar-refractivity contribution in [3.8, 4) is 0 Å². The summed E-state index contributed by atoms with van der Waals surface area (Å²) in [6.07, 6.45) is 2.61. The van der Waals surface area contributed by atoms with E-state index in [1.807, 2.05) is 6.07 Å². The number of fused-ring (bicyclic) bond motifs is 1. The lowest BCUT2D eigenvalue weighted by molar-refractivity contribution is 1.01. The van der Waals surface area contributed by atoms with Gasteiger partial charge >= 0.3 is 0 Å². The summed E-state index contributed by atoms with van der Waals surface area (Å²) in [7, 11) is 0. The quantitative estimate of drug-likeness (QED) is 0.701. The van der Waals surface area contributed by atoms with Crippen molar-refractivity contribution in [1.29, 1.82) is 0 Å². The maximum absolute atomic E-state index is 4.35. The average molecular weight is 348 g/mol. The van der Waals surface area contributed by atoms with Crippen LogP contribution in [-0.4, -0.2) is 16.5 Å². The van der Waals surface area contributed by atoms with Gasteiger partial charge in [-0.1, -0.05) is 46.3 Å². The molecule has 0 aliphatic carbocycles. The van der Waals surface area contributed by atoms with Crippen molar-refractivity contribution in [2.45, 2.75) is 11.8 Å². The van der Waals surface area contributed by atoms with Gasteiger partial charge in [0, 0.05) is 16.8 Å². The van der Waals surface area contributed by atoms with Crippen LogP contribution in [0.2, 0.25) is 0 Å². The molecule has 20 heavy (non-hydrogen) atoms. The Kier molecular flexibility index (Phi) is 4.28. The number of aromatic nitrogens is 2. The molecule has 0 amide bonds. The molecule has 2 heterocycles. The molecule has 0 radical (unpaired) electrons. The molecule has 0 atom stereocenters. The van der Waals surface area contributed by atoms with E-state index in [1.54, 1.807) is 17.7 Å². The molecular formula is C15H14BrN3S. The predicted octanol–water partition coefficient (Wildman–Crippen LogP) is 4.24. The minimum atomic E-state index is 0.859. The van der Waals surface area contributed by atoms with Crippen molar-refractivity contribution < 1.29 is 0 Å². The molecule has 3 nitrogen and oxygen atoms in total. The highest BCUT2D eigenvalue weighted by molar-refractivity contribution is 9.08. The third kappa shape index (κ3) is 2.99. The van der Waals surface area contributed by atoms with Gasteiger partial charge in [0.1, 0.15) is 17.0 Å². The average Bonchev–Trinajstić information content (AvgIpc) is 2.92. The number of hydrogen-bond acceptors (Lipinski definition) is 4. The molecule has 3 rings (SSSR count). The van der Waals surface area contributed by atoms with Crippen molar-refractivity contribution in [1.82, 2.24) is 9.97 Å². The fourth-order valence-electron chi connectivity index (χ4n) is 2.08. The van der Waals surface area contributed by atoms with E-state index in [9.17, 15) is 0 Å². The summed E-state index contributed by atoms with van der Waals surface area (Å²) in [5.41, 5.74) is 1.33. The summed E-state index contributed by atoms with van der Waals surface area (Å²) in [6, 6.07) is 12.6. The topological polar surface area (TPSA) is 37.8 Å². The fraction of sp³-hybridized carbons (Fsp3) is 0.200. The maximum Gasteiger partial charge on any atom is 0.138 e. The standard InChI is InChI=1S/C15H14BrN3S/c16-9-12-8-13-14(18-10-19-15(13)20-12)17-7-6-11-4-2-1-3-5-11/h1-5,8,10H,6-7,9H2,(H,17,18,19). The van der Waals surface area contributed by atoms with E-state index >= 15 is 0 Å². The summed E-state index contributed by atoms with van der Waals surface area (Å²) in [4.78, 5) is 11.0. The first-order chi connectivity index (χ1) is 9.86. The van der Waals surface area contributed by atoms with Gasteiger partial charge in [-0.2, -0.15) is 0 Å². The van der Waals surface area contributed by atoms with E-state index in [4.69, 9.17) is 0 Å². The van der Waals surface area contributed by atoms with E-state index in [0.717, 1.165) is 34.3 Å². The van der Waals surface area contributed by atoms with E-state index in [0.29, 0.717) is 0 Å². The van der Waals surface area contributed by atoms with Crippen LogP contribution in [-0.2, 0) is 11.8 Å². The van der Waals surface area contributed by atoms with Gasteiger partial charge in [0.25, 0.3) is 0 Å². The first kappa shape index (κ1) is 13.5. The maximum atomic E-state index is 4.35. The Labute approximate surface area is 130 Å². The Morgan fingerprint density at radius 1 is 1.15 bits per heavy atom. The lowest BCUT2D eigenvalue weighted by Gasteiger charge is -2.06. The molecule has 102 valence electrons. The van der Waals surface area contributed by atoms with Crippen LogP contribution >= 0.6 is 27.3 Å². The number of nitrogens with one attached hydrogen (secondary N) is 1. The Hall–Kier alpha value is -1.46. The summed E-state index contributed by atoms with van der Waals surface area (Å²) in [5, 5.41) is 5.38. The molecule has 2 aromatic heterocycles. The molecule has 0 fully saturated rings. The van der Waals surface area contributed by atoms with Gasteiger partial charge < -0.3 is 5.32 Å². The summed E-state index contributed by atoms with van der Waals surface area (Å²) in [6.45, 7) is 0.871. The number of rotatable bonds is 5. The molecule has 1 N–H and O–H groups in total. The molecule has 3 aromatic rings. The number of halogens is 1. The van der Waals surface area contributed by atoms with Gasteiger partial charge in [-0.3, -0.25) is 0 Å². The normalized spacial score (nSPS) is 10.8. The molecule has 0 saturated carbocycles. The van der Waals surface area contributed by atoms with Crippen LogP contribution in [0.25, 0.3) is 10.2 Å². The predicted molar refractivity (Wildman–Crippen MR) is 88.7 cm³/mol. The Balaban J connectivity index is 1.72. The van der Waals surface area contributed by atoms with Crippen LogP contribution in [0.3, 0.4) is 0 Å². The van der Waals surface area contributed by atoms with E-state index in [-0.39, 0.29) is 0 Å². The van der Waals surface area contributed by atoms with Crippen molar-refractivity contribution in [3.63, 3.8) is 0 Å². The molecule has 1 aromatic carbocycles. The van der Waals surface area contributed by atoms with Crippen LogP contribution in [0.4, 0.5) is 5.82 Å². The summed E-state index contributed by atoms with van der Waals surface area (Å²) in [5.74, 6) is 0.925. The largest absolute Gasteiger partial charge is 0.369 e. The number of thiophene rings is 1. The molecule has 0 saturated heterocycles. The molecule has 0 bridgehead atoms. The zero-order valence-electron chi connectivity index (χ0n) is 10.8. The zero-order valence-corrected chi connectivity index (χ0v) is 13.2. The van der Waals surface area contributed by atoms with Crippen LogP contribution < -0.4 is 5.32 Å². The van der Waals surface area contributed by atoms with E-state index in [2.05, 4.69) is 61.5 Å². The van der Waals surface area contributed by atoms with Crippen molar-refractivity contribution in [2.24, 2.45) is 0 Å². The smallest absolute Gasteiger partial charge is 0.138 e. The Morgan fingerprint density at radius 2 is 2.00 bits per heavy atom. The highest BCUT2D eigenvalue weighted by Crippen LogP contribution is 2.29.